The molecule has 356 valence electrons. The molecular weight excluding hydrogens is 809 g/mol. The lowest BCUT2D eigenvalue weighted by Gasteiger charge is -2.30. The number of rotatable bonds is 4. The Bertz CT molecular complexity index is 2000. The Balaban J connectivity index is 1.80. The third kappa shape index (κ3) is 13.1. The highest BCUT2D eigenvalue weighted by atomic mass is 16.6. The fourth-order valence-electron chi connectivity index (χ4n) is 8.71. The van der Waals surface area contributed by atoms with Crippen molar-refractivity contribution in [2.45, 2.75) is 170 Å². The number of ether oxygens (including phenoxy) is 7. The van der Waals surface area contributed by atoms with E-state index in [1.54, 1.807) is 0 Å². The molecule has 0 amide bonds. The molecule has 7 nitrogen and oxygen atoms in total. The second-order valence-corrected chi connectivity index (χ2v) is 23.1. The van der Waals surface area contributed by atoms with Crippen LogP contribution in [0.3, 0.4) is 0 Å². The van der Waals surface area contributed by atoms with Crippen molar-refractivity contribution < 1.29 is 33.2 Å². The normalized spacial score (nSPS) is 16.2. The zero-order chi connectivity index (χ0) is 47.5. The first-order valence-corrected chi connectivity index (χ1v) is 24.4. The first kappa shape index (κ1) is 50.4. The van der Waals surface area contributed by atoms with Gasteiger partial charge in [-0.15, -0.1) is 0 Å². The summed E-state index contributed by atoms with van der Waals surface area (Å²) in [5.74, 6) is 3.67. The smallest absolute Gasteiger partial charge is 0.126 e. The van der Waals surface area contributed by atoms with Gasteiger partial charge in [0.2, 0.25) is 0 Å². The molecule has 7 heteroatoms. The Kier molecular flexibility index (Phi) is 15.8. The Morgan fingerprint density at radius 1 is 0.338 bits per heavy atom. The van der Waals surface area contributed by atoms with Crippen molar-refractivity contribution in [3.63, 3.8) is 0 Å². The SMILES string of the molecule is CC(C)Oc1c2cc(C(C)(C)C)cc1Cc1cc(C(C)(C)C)cc3c1OCCOCCOCCOCCOc1c(cc(C(C)(C)C)cc1Cc1cc(C(C)(C)C)cc(c1OC(C)C)C3)C2. The summed E-state index contributed by atoms with van der Waals surface area (Å²) in [4.78, 5) is 0. The second-order valence-electron chi connectivity index (χ2n) is 23.1. The summed E-state index contributed by atoms with van der Waals surface area (Å²) >= 11 is 0. The van der Waals surface area contributed by atoms with Gasteiger partial charge in [-0.2, -0.15) is 0 Å². The van der Waals surface area contributed by atoms with Crippen LogP contribution in [0.4, 0.5) is 0 Å². The summed E-state index contributed by atoms with van der Waals surface area (Å²) in [6, 6.07) is 19.1. The molecule has 4 aromatic carbocycles. The fourth-order valence-corrected chi connectivity index (χ4v) is 8.71. The zero-order valence-electron chi connectivity index (χ0n) is 43.1. The van der Waals surface area contributed by atoms with Crippen molar-refractivity contribution in [2.75, 3.05) is 52.9 Å². The summed E-state index contributed by atoms with van der Waals surface area (Å²) in [7, 11) is 0. The van der Waals surface area contributed by atoms with E-state index >= 15 is 0 Å². The largest absolute Gasteiger partial charge is 0.491 e. The van der Waals surface area contributed by atoms with Crippen molar-refractivity contribution >= 4 is 0 Å². The third-order valence-corrected chi connectivity index (χ3v) is 12.4. The summed E-state index contributed by atoms with van der Waals surface area (Å²) in [6.45, 7) is 39.8. The van der Waals surface area contributed by atoms with E-state index < -0.39 is 0 Å². The van der Waals surface area contributed by atoms with Crippen LogP contribution in [0.25, 0.3) is 0 Å². The van der Waals surface area contributed by atoms with Crippen LogP contribution in [0.15, 0.2) is 48.5 Å². The van der Waals surface area contributed by atoms with Gasteiger partial charge in [-0.3, -0.25) is 0 Å². The Morgan fingerprint density at radius 3 is 0.769 bits per heavy atom. The van der Waals surface area contributed by atoms with Gasteiger partial charge in [0.05, 0.1) is 51.8 Å². The van der Waals surface area contributed by atoms with Gasteiger partial charge in [0.15, 0.2) is 0 Å². The van der Waals surface area contributed by atoms with Gasteiger partial charge in [-0.05, 0) is 116 Å². The summed E-state index contributed by atoms with van der Waals surface area (Å²) in [6.07, 6.45) is 2.40. The molecule has 0 aromatic heterocycles. The van der Waals surface area contributed by atoms with Gasteiger partial charge in [0.25, 0.3) is 0 Å². The van der Waals surface area contributed by atoms with Crippen molar-refractivity contribution in [3.05, 3.63) is 115 Å². The van der Waals surface area contributed by atoms with Crippen LogP contribution >= 0.6 is 0 Å². The van der Waals surface area contributed by atoms with Gasteiger partial charge in [-0.1, -0.05) is 132 Å². The Morgan fingerprint density at radius 2 is 0.554 bits per heavy atom. The molecule has 0 radical (unpaired) electrons. The van der Waals surface area contributed by atoms with Crippen LogP contribution in [-0.4, -0.2) is 65.1 Å². The van der Waals surface area contributed by atoms with Gasteiger partial charge in [0, 0.05) is 25.7 Å². The quantitative estimate of drug-likeness (QED) is 0.178. The van der Waals surface area contributed by atoms with Crippen LogP contribution in [0.2, 0.25) is 0 Å². The van der Waals surface area contributed by atoms with Crippen molar-refractivity contribution in [1.29, 1.82) is 0 Å². The van der Waals surface area contributed by atoms with E-state index in [2.05, 4.69) is 159 Å². The first-order valence-electron chi connectivity index (χ1n) is 24.4. The van der Waals surface area contributed by atoms with Crippen LogP contribution < -0.4 is 18.9 Å². The minimum Gasteiger partial charge on any atom is -0.491 e. The van der Waals surface area contributed by atoms with E-state index in [1.807, 2.05) is 0 Å². The second kappa shape index (κ2) is 20.4. The molecule has 4 aromatic rings. The van der Waals surface area contributed by atoms with Crippen molar-refractivity contribution in [2.24, 2.45) is 0 Å². The van der Waals surface area contributed by atoms with Gasteiger partial charge >= 0.3 is 0 Å². The molecule has 0 spiro atoms. The monoisotopic (exact) mass is 891 g/mol. The molecular formula is C58H82O7. The van der Waals surface area contributed by atoms with Crippen LogP contribution in [-0.2, 0) is 61.6 Å². The lowest BCUT2D eigenvalue weighted by atomic mass is 9.79. The van der Waals surface area contributed by atoms with E-state index in [0.717, 1.165) is 67.5 Å². The third-order valence-electron chi connectivity index (χ3n) is 12.4. The molecule has 0 N–H and O–H groups in total. The lowest BCUT2D eigenvalue weighted by molar-refractivity contribution is 0.00484. The standard InChI is InChI=1S/C58H82O7/c1-37(2)64-53-43-25-39-29-47(55(5,6)7)31-41-27-45-35-50(58(14,15)16)36-46(54(45)65-38(3)4)28-42-32-48(56(8,9)10)30-40(26-44(53)34-49(33-43)57(11,12)13)52(42)63-24-22-61-20-18-59-17-19-60-21-23-62-51(39)41/h29-38H,17-28H2,1-16H3. The highest BCUT2D eigenvalue weighted by molar-refractivity contribution is 5.60. The minimum absolute atomic E-state index is 0.0452. The topological polar surface area (TPSA) is 64.6 Å². The predicted octanol–water partition coefficient (Wildman–Crippen LogP) is 12.9. The number of hydrogen-bond donors (Lipinski definition) is 0. The fraction of sp³-hybridized carbons (Fsp3) is 0.586. The van der Waals surface area contributed by atoms with Gasteiger partial charge < -0.3 is 33.2 Å². The molecule has 0 unspecified atom stereocenters. The summed E-state index contributed by atoms with van der Waals surface area (Å²) in [5, 5.41) is 0. The van der Waals surface area contributed by atoms with E-state index in [4.69, 9.17) is 33.2 Å². The molecule has 65 heavy (non-hydrogen) atoms. The maximum Gasteiger partial charge on any atom is 0.126 e. The van der Waals surface area contributed by atoms with E-state index in [0.29, 0.717) is 78.5 Å². The first-order chi connectivity index (χ1) is 30.4. The zero-order valence-corrected chi connectivity index (χ0v) is 43.1. The van der Waals surface area contributed by atoms with Gasteiger partial charge in [-0.25, -0.2) is 0 Å². The van der Waals surface area contributed by atoms with Crippen LogP contribution in [0.1, 0.15) is 178 Å². The van der Waals surface area contributed by atoms with E-state index in [-0.39, 0.29) is 33.9 Å². The maximum atomic E-state index is 7.04. The molecule has 10 bridgehead atoms. The molecule has 0 fully saturated rings. The Labute approximate surface area is 393 Å². The number of hydrogen-bond acceptors (Lipinski definition) is 7. The molecule has 0 saturated carbocycles. The van der Waals surface area contributed by atoms with Crippen LogP contribution in [0, 0.1) is 0 Å². The molecule has 0 atom stereocenters. The van der Waals surface area contributed by atoms with Crippen molar-refractivity contribution in [3.8, 4) is 23.0 Å². The van der Waals surface area contributed by atoms with E-state index in [1.165, 1.54) is 22.3 Å². The average molecular weight is 891 g/mol. The summed E-state index contributed by atoms with van der Waals surface area (Å²) < 4.78 is 46.2. The Hall–Kier alpha value is -4.04. The van der Waals surface area contributed by atoms with E-state index in [9.17, 15) is 0 Å². The average Bonchev–Trinajstić information content (AvgIpc) is 3.17. The number of benzene rings is 4. The minimum atomic E-state index is -0.130. The maximum absolute atomic E-state index is 7.04. The molecule has 1 heterocycles. The van der Waals surface area contributed by atoms with Crippen molar-refractivity contribution in [1.82, 2.24) is 0 Å². The molecule has 2 aliphatic rings. The van der Waals surface area contributed by atoms with Crippen LogP contribution in [0.5, 0.6) is 23.0 Å². The highest BCUT2D eigenvalue weighted by Gasteiger charge is 2.30. The number of fused-ring (bicyclic) bond motifs is 2. The molecule has 0 saturated heterocycles. The van der Waals surface area contributed by atoms with Gasteiger partial charge in [0.1, 0.15) is 36.2 Å². The summed E-state index contributed by atoms with van der Waals surface area (Å²) in [5.41, 5.74) is 13.7. The molecule has 1 aliphatic carbocycles. The predicted molar refractivity (Wildman–Crippen MR) is 267 cm³/mol. The highest BCUT2D eigenvalue weighted by Crippen LogP contribution is 2.44. The lowest BCUT2D eigenvalue weighted by Crippen LogP contribution is -2.20. The molecule has 6 rings (SSSR count). The molecule has 1 aliphatic heterocycles.